The highest BCUT2D eigenvalue weighted by Crippen LogP contribution is 2.24. The van der Waals surface area contributed by atoms with Crippen LogP contribution in [0.5, 0.6) is 0 Å². The van der Waals surface area contributed by atoms with E-state index in [1.165, 1.54) is 0 Å². The summed E-state index contributed by atoms with van der Waals surface area (Å²) in [5.74, 6) is 0.904. The summed E-state index contributed by atoms with van der Waals surface area (Å²) in [6.45, 7) is 2.07. The molecule has 5 nitrogen and oxygen atoms in total. The predicted octanol–water partition coefficient (Wildman–Crippen LogP) is 2.54. The molecule has 0 radical (unpaired) electrons. The van der Waals surface area contributed by atoms with E-state index in [2.05, 4.69) is 33.5 Å². The predicted molar refractivity (Wildman–Crippen MR) is 74.8 cm³/mol. The number of nitrogens with one attached hydrogen (secondary N) is 1. The lowest BCUT2D eigenvalue weighted by molar-refractivity contribution is 0.720. The summed E-state index contributed by atoms with van der Waals surface area (Å²) in [5.41, 5.74) is 2.04. The number of rotatable bonds is 3. The average Bonchev–Trinajstić information content (AvgIpc) is 2.85. The molecule has 1 aromatic carbocycles. The standard InChI is InChI=1S/C14H15N5/c1-10(14-18-16-9-19(14)2)17-13-7-8-15-12-6-4-3-5-11(12)13/h3-10H,1-2H3,(H,15,17). The van der Waals surface area contributed by atoms with Crippen molar-refractivity contribution >= 4 is 16.6 Å². The summed E-state index contributed by atoms with van der Waals surface area (Å²) < 4.78 is 1.92. The van der Waals surface area contributed by atoms with Crippen LogP contribution < -0.4 is 5.32 Å². The van der Waals surface area contributed by atoms with Crippen LogP contribution in [0.15, 0.2) is 42.9 Å². The van der Waals surface area contributed by atoms with Gasteiger partial charge in [-0.15, -0.1) is 10.2 Å². The lowest BCUT2D eigenvalue weighted by Gasteiger charge is -2.15. The number of pyridine rings is 1. The van der Waals surface area contributed by atoms with E-state index in [0.29, 0.717) is 0 Å². The van der Waals surface area contributed by atoms with E-state index < -0.39 is 0 Å². The SMILES string of the molecule is CC(Nc1ccnc2ccccc12)c1nncn1C. The number of hydrogen-bond acceptors (Lipinski definition) is 4. The minimum absolute atomic E-state index is 0.0818. The normalized spacial score (nSPS) is 12.5. The first-order valence-electron chi connectivity index (χ1n) is 6.20. The molecule has 5 heteroatoms. The monoisotopic (exact) mass is 253 g/mol. The fourth-order valence-electron chi connectivity index (χ4n) is 2.20. The number of hydrogen-bond donors (Lipinski definition) is 1. The first-order chi connectivity index (χ1) is 9.25. The topological polar surface area (TPSA) is 55.6 Å². The van der Waals surface area contributed by atoms with Crippen LogP contribution in [-0.2, 0) is 7.05 Å². The second kappa shape index (κ2) is 4.68. The minimum atomic E-state index is 0.0818. The molecule has 0 saturated heterocycles. The van der Waals surface area contributed by atoms with E-state index in [9.17, 15) is 0 Å². The number of anilines is 1. The third-order valence-electron chi connectivity index (χ3n) is 3.15. The third-order valence-corrected chi connectivity index (χ3v) is 3.15. The maximum absolute atomic E-state index is 4.36. The molecule has 0 fully saturated rings. The fraction of sp³-hybridized carbons (Fsp3) is 0.214. The number of nitrogens with zero attached hydrogens (tertiary/aromatic N) is 4. The molecule has 2 aromatic heterocycles. The van der Waals surface area contributed by atoms with E-state index in [1.807, 2.05) is 42.1 Å². The molecule has 96 valence electrons. The summed E-state index contributed by atoms with van der Waals surface area (Å²) in [5, 5.41) is 12.6. The zero-order valence-electron chi connectivity index (χ0n) is 10.9. The van der Waals surface area contributed by atoms with Gasteiger partial charge in [-0.3, -0.25) is 4.98 Å². The lowest BCUT2D eigenvalue weighted by Crippen LogP contribution is -2.12. The Morgan fingerprint density at radius 1 is 1.21 bits per heavy atom. The third kappa shape index (κ3) is 2.14. The molecule has 3 rings (SSSR count). The van der Waals surface area contributed by atoms with Gasteiger partial charge in [-0.25, -0.2) is 0 Å². The van der Waals surface area contributed by atoms with Gasteiger partial charge in [0.05, 0.1) is 11.6 Å². The van der Waals surface area contributed by atoms with Crippen molar-refractivity contribution in [3.63, 3.8) is 0 Å². The molecule has 19 heavy (non-hydrogen) atoms. The van der Waals surface area contributed by atoms with Crippen LogP contribution in [0.1, 0.15) is 18.8 Å². The minimum Gasteiger partial charge on any atom is -0.375 e. The Morgan fingerprint density at radius 3 is 2.84 bits per heavy atom. The molecule has 0 amide bonds. The number of para-hydroxylation sites is 1. The maximum Gasteiger partial charge on any atom is 0.154 e. The van der Waals surface area contributed by atoms with Crippen LogP contribution in [0.2, 0.25) is 0 Å². The second-order valence-electron chi connectivity index (χ2n) is 4.54. The average molecular weight is 253 g/mol. The summed E-state index contributed by atoms with van der Waals surface area (Å²) in [7, 11) is 1.94. The molecular weight excluding hydrogens is 238 g/mol. The zero-order valence-corrected chi connectivity index (χ0v) is 10.9. The van der Waals surface area contributed by atoms with Crippen LogP contribution >= 0.6 is 0 Å². The van der Waals surface area contributed by atoms with Gasteiger partial charge in [-0.2, -0.15) is 0 Å². The summed E-state index contributed by atoms with van der Waals surface area (Å²) >= 11 is 0. The second-order valence-corrected chi connectivity index (χ2v) is 4.54. The molecule has 0 aliphatic rings. The van der Waals surface area contributed by atoms with Gasteiger partial charge in [0.1, 0.15) is 6.33 Å². The van der Waals surface area contributed by atoms with Crippen LogP contribution in [0.25, 0.3) is 10.9 Å². The van der Waals surface area contributed by atoms with Crippen molar-refractivity contribution in [1.82, 2.24) is 19.7 Å². The van der Waals surface area contributed by atoms with E-state index in [4.69, 9.17) is 0 Å². The van der Waals surface area contributed by atoms with Crippen LogP contribution in [0.3, 0.4) is 0 Å². The van der Waals surface area contributed by atoms with Gasteiger partial charge in [0.25, 0.3) is 0 Å². The van der Waals surface area contributed by atoms with Crippen molar-refractivity contribution < 1.29 is 0 Å². The summed E-state index contributed by atoms with van der Waals surface area (Å²) in [6, 6.07) is 10.1. The first-order valence-corrected chi connectivity index (χ1v) is 6.20. The van der Waals surface area contributed by atoms with E-state index in [0.717, 1.165) is 22.4 Å². The van der Waals surface area contributed by atoms with Gasteiger partial charge in [0.15, 0.2) is 5.82 Å². The highest BCUT2D eigenvalue weighted by molar-refractivity contribution is 5.90. The van der Waals surface area contributed by atoms with Crippen molar-refractivity contribution in [2.45, 2.75) is 13.0 Å². The molecule has 1 unspecified atom stereocenters. The molecule has 0 saturated carbocycles. The van der Waals surface area contributed by atoms with Gasteiger partial charge >= 0.3 is 0 Å². The Labute approximate surface area is 111 Å². The van der Waals surface area contributed by atoms with Gasteiger partial charge in [0.2, 0.25) is 0 Å². The van der Waals surface area contributed by atoms with Crippen LogP contribution in [0, 0.1) is 0 Å². The maximum atomic E-state index is 4.36. The molecular formula is C14H15N5. The van der Waals surface area contributed by atoms with Crippen molar-refractivity contribution in [2.24, 2.45) is 7.05 Å². The van der Waals surface area contributed by atoms with Crippen molar-refractivity contribution in [1.29, 1.82) is 0 Å². The van der Waals surface area contributed by atoms with Gasteiger partial charge in [-0.05, 0) is 19.1 Å². The van der Waals surface area contributed by atoms with Crippen LogP contribution in [0.4, 0.5) is 5.69 Å². The Hall–Kier alpha value is -2.43. The fourth-order valence-corrected chi connectivity index (χ4v) is 2.20. The number of aryl methyl sites for hydroxylation is 1. The zero-order chi connectivity index (χ0) is 13.2. The molecule has 0 aliphatic heterocycles. The highest BCUT2D eigenvalue weighted by Gasteiger charge is 2.12. The molecule has 1 N–H and O–H groups in total. The number of benzene rings is 1. The molecule has 3 aromatic rings. The lowest BCUT2D eigenvalue weighted by atomic mass is 10.1. The Morgan fingerprint density at radius 2 is 2.05 bits per heavy atom. The highest BCUT2D eigenvalue weighted by atomic mass is 15.3. The Balaban J connectivity index is 1.96. The van der Waals surface area contributed by atoms with Crippen molar-refractivity contribution in [2.75, 3.05) is 5.32 Å². The Bertz CT molecular complexity index is 698. The first kappa shape index (κ1) is 11.6. The van der Waals surface area contributed by atoms with Crippen molar-refractivity contribution in [3.05, 3.63) is 48.7 Å². The summed E-state index contributed by atoms with van der Waals surface area (Å²) in [4.78, 5) is 4.36. The molecule has 1 atom stereocenters. The van der Waals surface area contributed by atoms with E-state index in [-0.39, 0.29) is 6.04 Å². The largest absolute Gasteiger partial charge is 0.375 e. The Kier molecular flexibility index (Phi) is 2.87. The van der Waals surface area contributed by atoms with Gasteiger partial charge < -0.3 is 9.88 Å². The summed E-state index contributed by atoms with van der Waals surface area (Å²) in [6.07, 6.45) is 3.52. The molecule has 0 aliphatic carbocycles. The molecule has 0 bridgehead atoms. The quantitative estimate of drug-likeness (QED) is 0.779. The van der Waals surface area contributed by atoms with E-state index >= 15 is 0 Å². The number of aromatic nitrogens is 4. The molecule has 2 heterocycles. The van der Waals surface area contributed by atoms with Gasteiger partial charge in [0, 0.05) is 24.3 Å². The van der Waals surface area contributed by atoms with E-state index in [1.54, 1.807) is 6.33 Å². The van der Waals surface area contributed by atoms with Crippen molar-refractivity contribution in [3.8, 4) is 0 Å². The smallest absolute Gasteiger partial charge is 0.154 e. The van der Waals surface area contributed by atoms with Gasteiger partial charge in [-0.1, -0.05) is 18.2 Å². The number of fused-ring (bicyclic) bond motifs is 1. The van der Waals surface area contributed by atoms with Crippen LogP contribution in [-0.4, -0.2) is 19.7 Å². The molecule has 0 spiro atoms.